The summed E-state index contributed by atoms with van der Waals surface area (Å²) in [5.74, 6) is 0.932. The van der Waals surface area contributed by atoms with Crippen molar-refractivity contribution in [1.82, 2.24) is 0 Å². The molecule has 1 nitrogen and oxygen atoms in total. The molecule has 1 aliphatic heterocycles. The van der Waals surface area contributed by atoms with Crippen molar-refractivity contribution in [1.29, 1.82) is 0 Å². The molecule has 0 amide bonds. The fraction of sp³-hybridized carbons (Fsp3) is 0.500. The van der Waals surface area contributed by atoms with Gasteiger partial charge in [0.05, 0.1) is 0 Å². The highest BCUT2D eigenvalue weighted by atomic mass is 32.2. The highest BCUT2D eigenvalue weighted by Gasteiger charge is 2.30. The molecule has 1 aromatic carbocycles. The number of rotatable bonds is 1. The summed E-state index contributed by atoms with van der Waals surface area (Å²) in [6.07, 6.45) is 0. The van der Waals surface area contributed by atoms with E-state index in [1.807, 2.05) is 18.7 Å². The molecule has 0 fully saturated rings. The SMILES string of the molecule is CC(C)c1ccc2c(c1)C(=O)C(C)C(C)S2. The molecular weight excluding hydrogens is 216 g/mol. The zero-order chi connectivity index (χ0) is 11.9. The van der Waals surface area contributed by atoms with E-state index < -0.39 is 0 Å². The van der Waals surface area contributed by atoms with E-state index in [1.165, 1.54) is 5.56 Å². The van der Waals surface area contributed by atoms with Crippen LogP contribution in [0, 0.1) is 5.92 Å². The van der Waals surface area contributed by atoms with Gasteiger partial charge in [-0.05, 0) is 23.6 Å². The van der Waals surface area contributed by atoms with Crippen molar-refractivity contribution >= 4 is 17.5 Å². The maximum atomic E-state index is 12.2. The maximum Gasteiger partial charge on any atom is 0.167 e. The first-order chi connectivity index (χ1) is 7.50. The van der Waals surface area contributed by atoms with Gasteiger partial charge in [0.15, 0.2) is 5.78 Å². The quantitative estimate of drug-likeness (QED) is 0.727. The van der Waals surface area contributed by atoms with Crippen molar-refractivity contribution in [2.45, 2.75) is 43.8 Å². The van der Waals surface area contributed by atoms with Crippen molar-refractivity contribution in [2.24, 2.45) is 5.92 Å². The maximum absolute atomic E-state index is 12.2. The molecule has 0 N–H and O–H groups in total. The summed E-state index contributed by atoms with van der Waals surface area (Å²) in [5.41, 5.74) is 2.19. The topological polar surface area (TPSA) is 17.1 Å². The summed E-state index contributed by atoms with van der Waals surface area (Å²) in [6.45, 7) is 8.49. The lowest BCUT2D eigenvalue weighted by Gasteiger charge is -2.26. The lowest BCUT2D eigenvalue weighted by atomic mass is 9.92. The standard InChI is InChI=1S/C14H18OS/c1-8(2)11-5-6-13-12(7-11)14(15)9(3)10(4)16-13/h5-10H,1-4H3. The van der Waals surface area contributed by atoms with E-state index in [-0.39, 0.29) is 5.92 Å². The van der Waals surface area contributed by atoms with E-state index in [0.29, 0.717) is 17.0 Å². The molecule has 0 radical (unpaired) electrons. The lowest BCUT2D eigenvalue weighted by molar-refractivity contribution is 0.0924. The fourth-order valence-electron chi connectivity index (χ4n) is 1.96. The van der Waals surface area contributed by atoms with Crippen LogP contribution in [0.1, 0.15) is 49.5 Å². The van der Waals surface area contributed by atoms with Gasteiger partial charge in [0, 0.05) is 21.6 Å². The monoisotopic (exact) mass is 234 g/mol. The summed E-state index contributed by atoms with van der Waals surface area (Å²) in [4.78, 5) is 13.3. The Morgan fingerprint density at radius 1 is 1.25 bits per heavy atom. The molecule has 1 aromatic rings. The normalized spacial score (nSPS) is 24.7. The predicted molar refractivity (Wildman–Crippen MR) is 69.3 cm³/mol. The lowest BCUT2D eigenvalue weighted by Crippen LogP contribution is -2.26. The van der Waals surface area contributed by atoms with Gasteiger partial charge in [-0.25, -0.2) is 0 Å². The number of ketones is 1. The molecule has 2 heteroatoms. The second-order valence-electron chi connectivity index (χ2n) is 4.89. The number of fused-ring (bicyclic) bond motifs is 1. The van der Waals surface area contributed by atoms with Crippen LogP contribution >= 0.6 is 11.8 Å². The minimum atomic E-state index is 0.139. The molecule has 1 aliphatic rings. The molecule has 2 rings (SSSR count). The van der Waals surface area contributed by atoms with Crippen LogP contribution in [0.2, 0.25) is 0 Å². The van der Waals surface area contributed by atoms with Crippen LogP contribution in [0.5, 0.6) is 0 Å². The van der Waals surface area contributed by atoms with E-state index >= 15 is 0 Å². The van der Waals surface area contributed by atoms with Gasteiger partial charge in [-0.1, -0.05) is 33.8 Å². The first kappa shape index (κ1) is 11.7. The zero-order valence-electron chi connectivity index (χ0n) is 10.3. The van der Waals surface area contributed by atoms with Gasteiger partial charge in [-0.3, -0.25) is 4.79 Å². The molecule has 16 heavy (non-hydrogen) atoms. The Bertz CT molecular complexity index is 423. The fourth-order valence-corrected chi connectivity index (χ4v) is 3.12. The Kier molecular flexibility index (Phi) is 3.11. The molecule has 1 heterocycles. The zero-order valence-corrected chi connectivity index (χ0v) is 11.1. The molecule has 0 saturated carbocycles. The first-order valence-corrected chi connectivity index (χ1v) is 6.73. The number of Topliss-reactive ketones (excluding diaryl/α,β-unsaturated/α-hetero) is 1. The Morgan fingerprint density at radius 2 is 1.94 bits per heavy atom. The first-order valence-electron chi connectivity index (χ1n) is 5.85. The van der Waals surface area contributed by atoms with Gasteiger partial charge < -0.3 is 0 Å². The van der Waals surface area contributed by atoms with Gasteiger partial charge in [0.2, 0.25) is 0 Å². The van der Waals surface area contributed by atoms with E-state index in [2.05, 4.69) is 39.0 Å². The van der Waals surface area contributed by atoms with Crippen LogP contribution in [0.4, 0.5) is 0 Å². The average molecular weight is 234 g/mol. The second-order valence-corrected chi connectivity index (χ2v) is 6.31. The number of hydrogen-bond donors (Lipinski definition) is 0. The third-order valence-corrected chi connectivity index (χ3v) is 4.76. The Balaban J connectivity index is 2.47. The molecule has 86 valence electrons. The third-order valence-electron chi connectivity index (χ3n) is 3.37. The number of thioether (sulfide) groups is 1. The highest BCUT2D eigenvalue weighted by Crippen LogP contribution is 2.39. The van der Waals surface area contributed by atoms with Gasteiger partial charge in [-0.2, -0.15) is 0 Å². The summed E-state index contributed by atoms with van der Waals surface area (Å²) in [7, 11) is 0. The Labute approximate surface area is 102 Å². The van der Waals surface area contributed by atoms with Crippen molar-refractivity contribution in [3.63, 3.8) is 0 Å². The molecule has 0 saturated heterocycles. The van der Waals surface area contributed by atoms with Gasteiger partial charge in [0.25, 0.3) is 0 Å². The summed E-state index contributed by atoms with van der Waals surface area (Å²) >= 11 is 1.82. The number of benzene rings is 1. The minimum absolute atomic E-state index is 0.139. The minimum Gasteiger partial charge on any atom is -0.294 e. The van der Waals surface area contributed by atoms with Gasteiger partial charge in [0.1, 0.15) is 0 Å². The largest absolute Gasteiger partial charge is 0.294 e. The molecule has 0 spiro atoms. The predicted octanol–water partition coefficient (Wildman–Crippen LogP) is 4.12. The Morgan fingerprint density at radius 3 is 2.56 bits per heavy atom. The summed E-state index contributed by atoms with van der Waals surface area (Å²) < 4.78 is 0. The van der Waals surface area contributed by atoms with E-state index in [4.69, 9.17) is 0 Å². The van der Waals surface area contributed by atoms with Crippen LogP contribution in [0.3, 0.4) is 0 Å². The van der Waals surface area contributed by atoms with Crippen molar-refractivity contribution in [2.75, 3.05) is 0 Å². The summed E-state index contributed by atoms with van der Waals surface area (Å²) in [6, 6.07) is 6.33. The van der Waals surface area contributed by atoms with E-state index in [9.17, 15) is 4.79 Å². The molecule has 2 atom stereocenters. The number of hydrogen-bond acceptors (Lipinski definition) is 2. The molecular formula is C14H18OS. The molecule has 0 aromatic heterocycles. The third kappa shape index (κ3) is 1.91. The van der Waals surface area contributed by atoms with Crippen LogP contribution in [0.25, 0.3) is 0 Å². The van der Waals surface area contributed by atoms with E-state index in [1.54, 1.807) is 0 Å². The van der Waals surface area contributed by atoms with Gasteiger partial charge >= 0.3 is 0 Å². The van der Waals surface area contributed by atoms with Crippen molar-refractivity contribution in [3.05, 3.63) is 29.3 Å². The second kappa shape index (κ2) is 4.25. The number of carbonyl (C=O) groups is 1. The molecule has 0 aliphatic carbocycles. The van der Waals surface area contributed by atoms with E-state index in [0.717, 1.165) is 10.5 Å². The Hall–Kier alpha value is -0.760. The summed E-state index contributed by atoms with van der Waals surface area (Å²) in [5, 5.41) is 0.393. The van der Waals surface area contributed by atoms with Gasteiger partial charge in [-0.15, -0.1) is 11.8 Å². The van der Waals surface area contributed by atoms with Crippen LogP contribution in [0.15, 0.2) is 23.1 Å². The van der Waals surface area contributed by atoms with Crippen LogP contribution < -0.4 is 0 Å². The van der Waals surface area contributed by atoms with Crippen LogP contribution in [-0.2, 0) is 0 Å². The average Bonchev–Trinajstić information content (AvgIpc) is 2.25. The van der Waals surface area contributed by atoms with Crippen LogP contribution in [-0.4, -0.2) is 11.0 Å². The highest BCUT2D eigenvalue weighted by molar-refractivity contribution is 8.00. The van der Waals surface area contributed by atoms with Crippen molar-refractivity contribution < 1.29 is 4.79 Å². The molecule has 2 unspecified atom stereocenters. The molecule has 0 bridgehead atoms. The smallest absolute Gasteiger partial charge is 0.167 e. The van der Waals surface area contributed by atoms with Crippen molar-refractivity contribution in [3.8, 4) is 0 Å². The number of carbonyl (C=O) groups excluding carboxylic acids is 1.